The van der Waals surface area contributed by atoms with E-state index in [1.165, 1.54) is 4.88 Å². The minimum atomic E-state index is -2.57. The maximum Gasteiger partial charge on any atom is 0.250 e. The molecule has 0 aromatic carbocycles. The van der Waals surface area contributed by atoms with E-state index in [9.17, 15) is 18.7 Å². The number of aliphatic hydroxyl groups is 1. The Bertz CT molecular complexity index is 557. The Hall–Kier alpha value is -1.05. The van der Waals surface area contributed by atoms with Gasteiger partial charge in [0, 0.05) is 50.3 Å². The van der Waals surface area contributed by atoms with Crippen molar-refractivity contribution in [3.8, 4) is 0 Å². The van der Waals surface area contributed by atoms with Crippen molar-refractivity contribution < 1.29 is 18.7 Å². The first-order valence-electron chi connectivity index (χ1n) is 8.48. The van der Waals surface area contributed by atoms with Gasteiger partial charge in [-0.25, -0.2) is 8.78 Å². The number of likely N-dealkylation sites (tertiary alicyclic amines) is 2. The van der Waals surface area contributed by atoms with Crippen LogP contribution >= 0.6 is 11.3 Å². The third-order valence-corrected chi connectivity index (χ3v) is 5.89. The maximum absolute atomic E-state index is 13.2. The van der Waals surface area contributed by atoms with Crippen LogP contribution in [0.2, 0.25) is 0 Å². The van der Waals surface area contributed by atoms with Gasteiger partial charge in [-0.1, -0.05) is 6.07 Å². The number of aryl methyl sites for hydroxylation is 1. The molecule has 3 heterocycles. The molecule has 134 valence electrons. The van der Waals surface area contributed by atoms with Gasteiger partial charge in [0.2, 0.25) is 5.91 Å². The number of alkyl halides is 2. The van der Waals surface area contributed by atoms with E-state index in [-0.39, 0.29) is 18.7 Å². The second-order valence-electron chi connectivity index (χ2n) is 7.00. The van der Waals surface area contributed by atoms with E-state index in [2.05, 4.69) is 0 Å². The van der Waals surface area contributed by atoms with Gasteiger partial charge < -0.3 is 10.0 Å². The molecule has 4 nitrogen and oxygen atoms in total. The summed E-state index contributed by atoms with van der Waals surface area (Å²) in [5.74, 6) is -2.51. The first-order valence-corrected chi connectivity index (χ1v) is 9.36. The van der Waals surface area contributed by atoms with E-state index >= 15 is 0 Å². The number of carbonyl (C=O) groups is 1. The molecule has 1 aromatic rings. The molecule has 7 heteroatoms. The lowest BCUT2D eigenvalue weighted by Crippen LogP contribution is -2.49. The summed E-state index contributed by atoms with van der Waals surface area (Å²) >= 11 is 1.64. The Labute approximate surface area is 145 Å². The number of hydrogen-bond donors (Lipinski definition) is 1. The molecule has 2 fully saturated rings. The fourth-order valence-corrected chi connectivity index (χ4v) is 4.20. The summed E-state index contributed by atoms with van der Waals surface area (Å²) in [4.78, 5) is 17.1. The van der Waals surface area contributed by atoms with Crippen molar-refractivity contribution in [2.75, 3.05) is 32.7 Å². The van der Waals surface area contributed by atoms with Gasteiger partial charge in [0.25, 0.3) is 5.92 Å². The second kappa shape index (κ2) is 7.06. The van der Waals surface area contributed by atoms with Gasteiger partial charge in [-0.15, -0.1) is 11.3 Å². The summed E-state index contributed by atoms with van der Waals surface area (Å²) in [5.41, 5.74) is -0.967. The average Bonchev–Trinajstić information content (AvgIpc) is 3.17. The zero-order valence-corrected chi connectivity index (χ0v) is 14.5. The number of nitrogens with zero attached hydrogens (tertiary/aromatic N) is 2. The summed E-state index contributed by atoms with van der Waals surface area (Å²) in [6.07, 6.45) is 1.41. The van der Waals surface area contributed by atoms with Crippen LogP contribution in [0, 0.1) is 0 Å². The van der Waals surface area contributed by atoms with E-state index in [0.717, 1.165) is 6.42 Å². The lowest BCUT2D eigenvalue weighted by molar-refractivity contribution is -0.131. The van der Waals surface area contributed by atoms with E-state index in [4.69, 9.17) is 0 Å². The normalized spacial score (nSPS) is 27.5. The number of amides is 1. The molecule has 3 rings (SSSR count). The number of hydrogen-bond acceptors (Lipinski definition) is 4. The maximum atomic E-state index is 13.2. The summed E-state index contributed by atoms with van der Waals surface area (Å²) in [6.45, 7) is 1.84. The Morgan fingerprint density at radius 3 is 2.67 bits per heavy atom. The Kier molecular flexibility index (Phi) is 5.22. The Morgan fingerprint density at radius 2 is 2.00 bits per heavy atom. The molecule has 0 spiro atoms. The fraction of sp³-hybridized carbons (Fsp3) is 0.706. The molecular formula is C17H24F2N2O2S. The van der Waals surface area contributed by atoms with Crippen LogP contribution in [0.1, 0.15) is 30.6 Å². The van der Waals surface area contributed by atoms with Crippen LogP contribution < -0.4 is 0 Å². The van der Waals surface area contributed by atoms with Crippen molar-refractivity contribution in [3.63, 3.8) is 0 Å². The van der Waals surface area contributed by atoms with Crippen LogP contribution in [0.15, 0.2) is 17.5 Å². The third-order valence-electron chi connectivity index (χ3n) is 4.96. The van der Waals surface area contributed by atoms with Crippen molar-refractivity contribution in [2.24, 2.45) is 0 Å². The highest BCUT2D eigenvalue weighted by Gasteiger charge is 2.41. The number of carbonyl (C=O) groups excluding carboxylic acids is 1. The predicted molar refractivity (Wildman–Crippen MR) is 89.4 cm³/mol. The minimum absolute atomic E-state index is 0.0597. The van der Waals surface area contributed by atoms with Gasteiger partial charge in [0.15, 0.2) is 0 Å². The highest BCUT2D eigenvalue weighted by molar-refractivity contribution is 7.09. The van der Waals surface area contributed by atoms with Crippen LogP contribution in [0.3, 0.4) is 0 Å². The van der Waals surface area contributed by atoms with E-state index in [0.29, 0.717) is 45.6 Å². The van der Waals surface area contributed by atoms with Gasteiger partial charge in [0.05, 0.1) is 12.1 Å². The highest BCUT2D eigenvalue weighted by Crippen LogP contribution is 2.30. The van der Waals surface area contributed by atoms with Gasteiger partial charge in [0.1, 0.15) is 0 Å². The lowest BCUT2D eigenvalue weighted by Gasteiger charge is -2.36. The summed E-state index contributed by atoms with van der Waals surface area (Å²) in [7, 11) is 0. The first-order chi connectivity index (χ1) is 11.4. The van der Waals surface area contributed by atoms with Crippen molar-refractivity contribution in [1.29, 1.82) is 0 Å². The number of thiophene rings is 1. The summed E-state index contributed by atoms with van der Waals surface area (Å²) < 4.78 is 26.4. The molecule has 2 aliphatic rings. The molecule has 1 atom stereocenters. The molecule has 0 radical (unpaired) electrons. The molecule has 2 aliphatic heterocycles. The van der Waals surface area contributed by atoms with Crippen molar-refractivity contribution in [2.45, 2.75) is 43.6 Å². The van der Waals surface area contributed by atoms with Crippen LogP contribution in [0.4, 0.5) is 8.78 Å². The molecule has 0 aliphatic carbocycles. The number of piperidine rings is 1. The van der Waals surface area contributed by atoms with Crippen LogP contribution in [0.5, 0.6) is 0 Å². The zero-order valence-electron chi connectivity index (χ0n) is 13.7. The summed E-state index contributed by atoms with van der Waals surface area (Å²) in [5, 5.41) is 12.7. The first kappa shape index (κ1) is 17.8. The quantitative estimate of drug-likeness (QED) is 0.879. The zero-order chi connectivity index (χ0) is 17.2. The van der Waals surface area contributed by atoms with Crippen LogP contribution in [-0.4, -0.2) is 65.1 Å². The fourth-order valence-electron chi connectivity index (χ4n) is 3.50. The minimum Gasteiger partial charge on any atom is -0.387 e. The molecule has 0 saturated carbocycles. The summed E-state index contributed by atoms with van der Waals surface area (Å²) in [6, 6.07) is 3.99. The predicted octanol–water partition coefficient (Wildman–Crippen LogP) is 2.38. The van der Waals surface area contributed by atoms with Crippen molar-refractivity contribution in [3.05, 3.63) is 22.4 Å². The molecular weight excluding hydrogens is 334 g/mol. The highest BCUT2D eigenvalue weighted by atomic mass is 32.1. The molecule has 1 N–H and O–H groups in total. The monoisotopic (exact) mass is 358 g/mol. The van der Waals surface area contributed by atoms with Gasteiger partial charge in [-0.2, -0.15) is 0 Å². The number of halogens is 2. The largest absolute Gasteiger partial charge is 0.387 e. The standard InChI is InChI=1S/C17H24F2N2O2S/c18-17(19)6-8-20(9-7-17)12-16(23)5-10-21(13-16)15(22)4-3-14-2-1-11-24-14/h1-2,11,23H,3-10,12-13H2. The molecule has 1 aromatic heterocycles. The average molecular weight is 358 g/mol. The van der Waals surface area contributed by atoms with Crippen molar-refractivity contribution in [1.82, 2.24) is 9.80 Å². The van der Waals surface area contributed by atoms with Gasteiger partial charge in [-0.05, 0) is 24.3 Å². The molecule has 1 amide bonds. The molecule has 2 saturated heterocycles. The Morgan fingerprint density at radius 1 is 1.25 bits per heavy atom. The van der Waals surface area contributed by atoms with Gasteiger partial charge >= 0.3 is 0 Å². The van der Waals surface area contributed by atoms with Crippen molar-refractivity contribution >= 4 is 17.2 Å². The SMILES string of the molecule is O=C(CCc1cccs1)N1CCC(O)(CN2CCC(F)(F)CC2)C1. The van der Waals surface area contributed by atoms with E-state index < -0.39 is 11.5 Å². The van der Waals surface area contributed by atoms with E-state index in [1.807, 2.05) is 22.4 Å². The van der Waals surface area contributed by atoms with E-state index in [1.54, 1.807) is 16.2 Å². The Balaban J connectivity index is 1.46. The molecule has 1 unspecified atom stereocenters. The lowest BCUT2D eigenvalue weighted by atomic mass is 10.00. The number of rotatable bonds is 5. The smallest absolute Gasteiger partial charge is 0.250 e. The molecule has 24 heavy (non-hydrogen) atoms. The van der Waals surface area contributed by atoms with Crippen LogP contribution in [-0.2, 0) is 11.2 Å². The van der Waals surface area contributed by atoms with Gasteiger partial charge in [-0.3, -0.25) is 9.69 Å². The molecule has 0 bridgehead atoms. The topological polar surface area (TPSA) is 43.8 Å². The van der Waals surface area contributed by atoms with Crippen LogP contribution in [0.25, 0.3) is 0 Å². The third kappa shape index (κ3) is 4.52. The second-order valence-corrected chi connectivity index (χ2v) is 8.03. The number of β-amino-alcohol motifs (C(OH)–C–C–N with tert-alkyl or cyclic N) is 1.